The SMILES string of the molecule is COCc1noc(CN2C[C@@H]3c4ccc(OC)cc4OC[C@]3(CO)C2)n1. The van der Waals surface area contributed by atoms with Crippen molar-refractivity contribution in [2.45, 2.75) is 19.1 Å². The summed E-state index contributed by atoms with van der Waals surface area (Å²) in [6.07, 6.45) is 0. The van der Waals surface area contributed by atoms with E-state index in [4.69, 9.17) is 18.7 Å². The van der Waals surface area contributed by atoms with E-state index in [1.165, 1.54) is 0 Å². The highest BCUT2D eigenvalue weighted by molar-refractivity contribution is 5.46. The number of nitrogens with zero attached hydrogens (tertiary/aromatic N) is 3. The van der Waals surface area contributed by atoms with Crippen LogP contribution in [0.3, 0.4) is 0 Å². The van der Waals surface area contributed by atoms with Crippen molar-refractivity contribution in [3.63, 3.8) is 0 Å². The second-order valence-electron chi connectivity index (χ2n) is 6.97. The third-order valence-electron chi connectivity index (χ3n) is 5.29. The van der Waals surface area contributed by atoms with Crippen LogP contribution in [0.1, 0.15) is 23.2 Å². The Morgan fingerprint density at radius 1 is 1.38 bits per heavy atom. The average Bonchev–Trinajstić information content (AvgIpc) is 3.26. The summed E-state index contributed by atoms with van der Waals surface area (Å²) >= 11 is 0. The van der Waals surface area contributed by atoms with Crippen molar-refractivity contribution in [3.8, 4) is 11.5 Å². The van der Waals surface area contributed by atoms with Gasteiger partial charge >= 0.3 is 0 Å². The molecule has 0 unspecified atom stereocenters. The number of benzene rings is 1. The van der Waals surface area contributed by atoms with Gasteiger partial charge in [-0.1, -0.05) is 11.2 Å². The summed E-state index contributed by atoms with van der Waals surface area (Å²) in [4.78, 5) is 6.57. The Morgan fingerprint density at radius 3 is 3.04 bits per heavy atom. The van der Waals surface area contributed by atoms with Crippen LogP contribution < -0.4 is 9.47 Å². The number of rotatable bonds is 6. The zero-order chi connectivity index (χ0) is 18.1. The maximum atomic E-state index is 10.1. The average molecular weight is 361 g/mol. The molecule has 0 aliphatic carbocycles. The molecule has 26 heavy (non-hydrogen) atoms. The molecule has 2 aromatic rings. The molecule has 2 aliphatic rings. The summed E-state index contributed by atoms with van der Waals surface area (Å²) in [5.74, 6) is 2.88. The molecule has 1 saturated heterocycles. The van der Waals surface area contributed by atoms with Crippen molar-refractivity contribution in [2.75, 3.05) is 40.5 Å². The molecule has 1 N–H and O–H groups in total. The lowest BCUT2D eigenvalue weighted by molar-refractivity contribution is 0.0449. The van der Waals surface area contributed by atoms with E-state index < -0.39 is 0 Å². The second-order valence-corrected chi connectivity index (χ2v) is 6.97. The highest BCUT2D eigenvalue weighted by Gasteiger charge is 2.51. The van der Waals surface area contributed by atoms with E-state index in [0.29, 0.717) is 38.0 Å². The minimum atomic E-state index is -0.322. The largest absolute Gasteiger partial charge is 0.497 e. The maximum Gasteiger partial charge on any atom is 0.240 e. The van der Waals surface area contributed by atoms with Crippen LogP contribution in [0.4, 0.5) is 0 Å². The minimum Gasteiger partial charge on any atom is -0.497 e. The molecule has 0 spiro atoms. The van der Waals surface area contributed by atoms with E-state index in [9.17, 15) is 5.11 Å². The van der Waals surface area contributed by atoms with Gasteiger partial charge in [-0.3, -0.25) is 4.90 Å². The first kappa shape index (κ1) is 17.3. The Labute approximate surface area is 151 Å². The summed E-state index contributed by atoms with van der Waals surface area (Å²) in [5, 5.41) is 14.0. The fraction of sp³-hybridized carbons (Fsp3) is 0.556. The normalized spacial score (nSPS) is 24.8. The van der Waals surface area contributed by atoms with Crippen molar-refractivity contribution in [1.82, 2.24) is 15.0 Å². The van der Waals surface area contributed by atoms with E-state index in [-0.39, 0.29) is 17.9 Å². The number of likely N-dealkylation sites (tertiary alicyclic amines) is 1. The standard InChI is InChI=1S/C18H23N3O5/c1-23-8-16-19-17(26-20-16)7-21-6-14-13-4-3-12(24-2)5-15(13)25-11-18(14,9-21)10-22/h3-5,14,22H,6-11H2,1-2H3/t14-,18-/m1/s1. The van der Waals surface area contributed by atoms with Gasteiger partial charge in [-0.05, 0) is 11.6 Å². The van der Waals surface area contributed by atoms with E-state index in [1.807, 2.05) is 18.2 Å². The smallest absolute Gasteiger partial charge is 0.240 e. The Hall–Kier alpha value is -2.16. The summed E-state index contributed by atoms with van der Waals surface area (Å²) in [6, 6.07) is 5.89. The number of aliphatic hydroxyl groups excluding tert-OH is 1. The molecule has 4 rings (SSSR count). The van der Waals surface area contributed by atoms with Gasteiger partial charge in [0.1, 0.15) is 18.1 Å². The first-order chi connectivity index (χ1) is 12.7. The molecule has 140 valence electrons. The molecule has 0 saturated carbocycles. The van der Waals surface area contributed by atoms with Gasteiger partial charge in [0.15, 0.2) is 5.82 Å². The van der Waals surface area contributed by atoms with Gasteiger partial charge in [-0.2, -0.15) is 4.98 Å². The Kier molecular flexibility index (Phi) is 4.56. The van der Waals surface area contributed by atoms with E-state index in [2.05, 4.69) is 15.0 Å². The highest BCUT2D eigenvalue weighted by atomic mass is 16.5. The molecule has 0 bridgehead atoms. The molecule has 8 nitrogen and oxygen atoms in total. The Bertz CT molecular complexity index is 780. The predicted molar refractivity (Wildman–Crippen MR) is 91.0 cm³/mol. The number of methoxy groups -OCH3 is 2. The minimum absolute atomic E-state index is 0.0679. The lowest BCUT2D eigenvalue weighted by Gasteiger charge is -2.38. The molecule has 2 atom stereocenters. The van der Waals surface area contributed by atoms with Crippen LogP contribution >= 0.6 is 0 Å². The summed E-state index contributed by atoms with van der Waals surface area (Å²) in [6.45, 7) is 2.92. The van der Waals surface area contributed by atoms with Crippen molar-refractivity contribution in [1.29, 1.82) is 0 Å². The van der Waals surface area contributed by atoms with Gasteiger partial charge in [0.2, 0.25) is 5.89 Å². The van der Waals surface area contributed by atoms with Gasteiger partial charge in [-0.15, -0.1) is 0 Å². The van der Waals surface area contributed by atoms with E-state index >= 15 is 0 Å². The highest BCUT2D eigenvalue weighted by Crippen LogP contribution is 2.50. The number of aromatic nitrogens is 2. The molecule has 1 fully saturated rings. The molecule has 3 heterocycles. The zero-order valence-electron chi connectivity index (χ0n) is 15.0. The van der Waals surface area contributed by atoms with Crippen LogP contribution in [0.15, 0.2) is 22.7 Å². The number of ether oxygens (including phenoxy) is 3. The molecule has 1 aromatic carbocycles. The first-order valence-corrected chi connectivity index (χ1v) is 8.62. The molecule has 8 heteroatoms. The van der Waals surface area contributed by atoms with E-state index in [0.717, 1.165) is 23.6 Å². The van der Waals surface area contributed by atoms with Gasteiger partial charge in [-0.25, -0.2) is 0 Å². The zero-order valence-corrected chi connectivity index (χ0v) is 15.0. The van der Waals surface area contributed by atoms with Crippen LogP contribution in [-0.2, 0) is 17.9 Å². The maximum absolute atomic E-state index is 10.1. The third kappa shape index (κ3) is 2.94. The second kappa shape index (κ2) is 6.86. The molecular weight excluding hydrogens is 338 g/mol. The van der Waals surface area contributed by atoms with Crippen LogP contribution in [0, 0.1) is 5.41 Å². The first-order valence-electron chi connectivity index (χ1n) is 8.62. The van der Waals surface area contributed by atoms with Crippen LogP contribution in [-0.4, -0.2) is 60.7 Å². The molecule has 0 radical (unpaired) electrons. The van der Waals surface area contributed by atoms with Crippen LogP contribution in [0.2, 0.25) is 0 Å². The molecule has 2 aliphatic heterocycles. The molecule has 0 amide bonds. The number of hydrogen-bond acceptors (Lipinski definition) is 8. The van der Waals surface area contributed by atoms with Crippen molar-refractivity contribution >= 4 is 0 Å². The lowest BCUT2D eigenvalue weighted by Crippen LogP contribution is -2.42. The van der Waals surface area contributed by atoms with Gasteiger partial charge in [0.05, 0.1) is 26.9 Å². The number of fused-ring (bicyclic) bond motifs is 3. The van der Waals surface area contributed by atoms with Crippen LogP contribution in [0.5, 0.6) is 11.5 Å². The van der Waals surface area contributed by atoms with Gasteiger partial charge in [0.25, 0.3) is 0 Å². The Balaban J connectivity index is 1.55. The third-order valence-corrected chi connectivity index (χ3v) is 5.29. The lowest BCUT2D eigenvalue weighted by atomic mass is 9.74. The fourth-order valence-electron chi connectivity index (χ4n) is 3.98. The van der Waals surface area contributed by atoms with Gasteiger partial charge < -0.3 is 23.8 Å². The number of hydrogen-bond donors (Lipinski definition) is 1. The molecular formula is C18H23N3O5. The van der Waals surface area contributed by atoms with Crippen LogP contribution in [0.25, 0.3) is 0 Å². The summed E-state index contributed by atoms with van der Waals surface area (Å²) < 4.78 is 21.6. The summed E-state index contributed by atoms with van der Waals surface area (Å²) in [7, 11) is 3.24. The monoisotopic (exact) mass is 361 g/mol. The quantitative estimate of drug-likeness (QED) is 0.821. The number of aliphatic hydroxyl groups is 1. The molecule has 1 aromatic heterocycles. The van der Waals surface area contributed by atoms with Crippen molar-refractivity contribution in [2.24, 2.45) is 5.41 Å². The predicted octanol–water partition coefficient (Wildman–Crippen LogP) is 1.20. The van der Waals surface area contributed by atoms with Gasteiger partial charge in [0, 0.05) is 37.6 Å². The topological polar surface area (TPSA) is 90.1 Å². The van der Waals surface area contributed by atoms with Crippen molar-refractivity contribution in [3.05, 3.63) is 35.5 Å². The summed E-state index contributed by atoms with van der Waals surface area (Å²) in [5.41, 5.74) is 0.788. The Morgan fingerprint density at radius 2 is 2.27 bits per heavy atom. The fourth-order valence-corrected chi connectivity index (χ4v) is 3.98. The van der Waals surface area contributed by atoms with Crippen molar-refractivity contribution < 1.29 is 23.8 Å². The van der Waals surface area contributed by atoms with E-state index in [1.54, 1.807) is 14.2 Å².